The first-order chi connectivity index (χ1) is 9.56. The molecule has 3 amide bonds. The van der Waals surface area contributed by atoms with Crippen molar-refractivity contribution in [3.8, 4) is 11.5 Å². The highest BCUT2D eigenvalue weighted by Crippen LogP contribution is 2.27. The molecule has 0 spiro atoms. The first-order valence-electron chi connectivity index (χ1n) is 6.30. The van der Waals surface area contributed by atoms with E-state index in [1.54, 1.807) is 19.1 Å². The maximum atomic E-state index is 11.3. The van der Waals surface area contributed by atoms with Gasteiger partial charge < -0.3 is 25.8 Å². The maximum absolute atomic E-state index is 11.3. The molecule has 0 aliphatic carbocycles. The van der Waals surface area contributed by atoms with Crippen LogP contribution < -0.4 is 20.7 Å². The van der Waals surface area contributed by atoms with Crippen LogP contribution >= 0.6 is 12.4 Å². The zero-order valence-electron chi connectivity index (χ0n) is 11.9. The molecule has 0 saturated heterocycles. The van der Waals surface area contributed by atoms with Gasteiger partial charge in [-0.2, -0.15) is 0 Å². The summed E-state index contributed by atoms with van der Waals surface area (Å²) in [7, 11) is 1.54. The number of ether oxygens (including phenoxy) is 1. The molecule has 0 aliphatic rings. The minimum absolute atomic E-state index is 0. The molecule has 0 fully saturated rings. The van der Waals surface area contributed by atoms with Crippen molar-refractivity contribution in [3.63, 3.8) is 0 Å². The fraction of sp³-hybridized carbons (Fsp3) is 0.385. The van der Waals surface area contributed by atoms with E-state index < -0.39 is 6.09 Å². The summed E-state index contributed by atoms with van der Waals surface area (Å²) >= 11 is 0. The van der Waals surface area contributed by atoms with Crippen LogP contribution in [0.25, 0.3) is 0 Å². The number of phenols is 1. The Balaban J connectivity index is 0.00000400. The van der Waals surface area contributed by atoms with Crippen LogP contribution in [0.15, 0.2) is 18.2 Å². The quantitative estimate of drug-likeness (QED) is 0.659. The number of nitrogens with one attached hydrogen (secondary N) is 3. The summed E-state index contributed by atoms with van der Waals surface area (Å²) in [5.74, 6) is -0.0207. The van der Waals surface area contributed by atoms with E-state index in [1.165, 1.54) is 13.1 Å². The van der Waals surface area contributed by atoms with Gasteiger partial charge in [-0.3, -0.25) is 0 Å². The molecule has 1 rings (SSSR count). The Hall–Kier alpha value is -2.15. The minimum atomic E-state index is -0.622. The highest BCUT2D eigenvalue weighted by atomic mass is 35.5. The molecular weight excluding hydrogens is 298 g/mol. The van der Waals surface area contributed by atoms with Gasteiger partial charge in [-0.15, -0.1) is 12.4 Å². The van der Waals surface area contributed by atoms with Crippen LogP contribution in [0, 0.1) is 0 Å². The van der Waals surface area contributed by atoms with Crippen molar-refractivity contribution in [2.24, 2.45) is 0 Å². The van der Waals surface area contributed by atoms with Crippen molar-refractivity contribution in [3.05, 3.63) is 23.8 Å². The summed E-state index contributed by atoms with van der Waals surface area (Å²) in [6, 6.07) is 4.45. The Morgan fingerprint density at radius 3 is 2.62 bits per heavy atom. The molecule has 8 heteroatoms. The second-order valence-corrected chi connectivity index (χ2v) is 3.98. The second kappa shape index (κ2) is 9.71. The number of urea groups is 1. The molecule has 1 aromatic carbocycles. The summed E-state index contributed by atoms with van der Waals surface area (Å²) in [5.41, 5.74) is 0.832. The number of aromatic hydroxyl groups is 1. The molecule has 0 heterocycles. The molecular formula is C13H20ClN3O4. The van der Waals surface area contributed by atoms with Crippen LogP contribution in [-0.4, -0.2) is 37.4 Å². The normalized spacial score (nSPS) is 9.24. The second-order valence-electron chi connectivity index (χ2n) is 3.98. The number of carbonyl (C=O) groups is 2. The van der Waals surface area contributed by atoms with Gasteiger partial charge in [-0.05, 0) is 31.0 Å². The highest BCUT2D eigenvalue weighted by molar-refractivity contribution is 5.85. The highest BCUT2D eigenvalue weighted by Gasteiger charge is 2.09. The monoisotopic (exact) mass is 317 g/mol. The number of phenolic OH excluding ortho intramolecular Hbond substituents is 1. The number of halogens is 1. The van der Waals surface area contributed by atoms with E-state index in [0.29, 0.717) is 19.5 Å². The Bertz CT molecular complexity index is 482. The molecule has 0 radical (unpaired) electrons. The van der Waals surface area contributed by atoms with Gasteiger partial charge in [-0.25, -0.2) is 9.59 Å². The van der Waals surface area contributed by atoms with Crippen molar-refractivity contribution in [2.75, 3.05) is 20.1 Å². The number of hydrogen-bond donors (Lipinski definition) is 4. The predicted octanol–water partition coefficient (Wildman–Crippen LogP) is 1.39. The van der Waals surface area contributed by atoms with E-state index in [1.807, 2.05) is 0 Å². The van der Waals surface area contributed by atoms with Gasteiger partial charge in [0.05, 0.1) is 0 Å². The molecule has 0 unspecified atom stereocenters. The third-order valence-electron chi connectivity index (χ3n) is 2.47. The van der Waals surface area contributed by atoms with Crippen LogP contribution in [0.2, 0.25) is 0 Å². The molecule has 0 aliphatic heterocycles. The number of carbonyl (C=O) groups excluding carboxylic acids is 2. The van der Waals surface area contributed by atoms with Crippen LogP contribution in [0.5, 0.6) is 11.5 Å². The number of benzene rings is 1. The van der Waals surface area contributed by atoms with Crippen LogP contribution in [-0.2, 0) is 6.42 Å². The Kier molecular flexibility index (Phi) is 8.71. The largest absolute Gasteiger partial charge is 0.504 e. The molecule has 0 saturated carbocycles. The maximum Gasteiger partial charge on any atom is 0.412 e. The van der Waals surface area contributed by atoms with Gasteiger partial charge in [0, 0.05) is 20.1 Å². The molecule has 4 N–H and O–H groups in total. The first kappa shape index (κ1) is 18.9. The van der Waals surface area contributed by atoms with Gasteiger partial charge in [-0.1, -0.05) is 6.07 Å². The molecule has 0 aromatic heterocycles. The van der Waals surface area contributed by atoms with E-state index >= 15 is 0 Å². The lowest BCUT2D eigenvalue weighted by Gasteiger charge is -2.09. The lowest BCUT2D eigenvalue weighted by atomic mass is 10.1. The van der Waals surface area contributed by atoms with Gasteiger partial charge in [0.15, 0.2) is 11.5 Å². The molecule has 21 heavy (non-hydrogen) atoms. The average molecular weight is 318 g/mol. The summed E-state index contributed by atoms with van der Waals surface area (Å²) in [6.45, 7) is 2.64. The van der Waals surface area contributed by atoms with E-state index in [2.05, 4.69) is 16.0 Å². The number of amides is 3. The zero-order chi connectivity index (χ0) is 15.0. The molecule has 0 atom stereocenters. The Morgan fingerprint density at radius 2 is 2.00 bits per heavy atom. The summed E-state index contributed by atoms with van der Waals surface area (Å²) in [6.07, 6.45) is -0.0668. The van der Waals surface area contributed by atoms with Crippen molar-refractivity contribution >= 4 is 24.5 Å². The van der Waals surface area contributed by atoms with Gasteiger partial charge in [0.1, 0.15) is 0 Å². The van der Waals surface area contributed by atoms with E-state index in [4.69, 9.17) is 4.74 Å². The van der Waals surface area contributed by atoms with Gasteiger partial charge in [0.25, 0.3) is 0 Å². The van der Waals surface area contributed by atoms with E-state index in [0.717, 1.165) is 5.56 Å². The fourth-order valence-electron chi connectivity index (χ4n) is 1.48. The van der Waals surface area contributed by atoms with Crippen molar-refractivity contribution in [1.82, 2.24) is 16.0 Å². The number of rotatable bonds is 5. The van der Waals surface area contributed by atoms with E-state index in [-0.39, 0.29) is 29.9 Å². The van der Waals surface area contributed by atoms with Crippen molar-refractivity contribution < 1.29 is 19.4 Å². The summed E-state index contributed by atoms with van der Waals surface area (Å²) in [4.78, 5) is 22.3. The van der Waals surface area contributed by atoms with Crippen LogP contribution in [0.4, 0.5) is 9.59 Å². The van der Waals surface area contributed by atoms with Crippen molar-refractivity contribution in [1.29, 1.82) is 0 Å². The standard InChI is InChI=1S/C13H19N3O4.ClH/c1-3-15-13(19)20-11-8-9(4-5-10(11)17)6-7-16-12(18)14-2;/h4-5,8,17H,3,6-7H2,1-2H3,(H,15,19)(H2,14,16,18);1H. The summed E-state index contributed by atoms with van der Waals surface area (Å²) in [5, 5.41) is 17.2. The average Bonchev–Trinajstić information content (AvgIpc) is 2.42. The fourth-order valence-corrected chi connectivity index (χ4v) is 1.48. The van der Waals surface area contributed by atoms with E-state index in [9.17, 15) is 14.7 Å². The Morgan fingerprint density at radius 1 is 1.29 bits per heavy atom. The molecule has 0 bridgehead atoms. The third-order valence-corrected chi connectivity index (χ3v) is 2.47. The van der Waals surface area contributed by atoms with Crippen LogP contribution in [0.3, 0.4) is 0 Å². The van der Waals surface area contributed by atoms with Gasteiger partial charge in [0.2, 0.25) is 0 Å². The molecule has 7 nitrogen and oxygen atoms in total. The predicted molar refractivity (Wildman–Crippen MR) is 81.2 cm³/mol. The summed E-state index contributed by atoms with van der Waals surface area (Å²) < 4.78 is 4.98. The topological polar surface area (TPSA) is 99.7 Å². The smallest absolute Gasteiger partial charge is 0.412 e. The first-order valence-corrected chi connectivity index (χ1v) is 6.30. The lowest BCUT2D eigenvalue weighted by molar-refractivity contribution is 0.199. The molecule has 1 aromatic rings. The number of hydrogen-bond acceptors (Lipinski definition) is 4. The lowest BCUT2D eigenvalue weighted by Crippen LogP contribution is -2.34. The van der Waals surface area contributed by atoms with Gasteiger partial charge >= 0.3 is 12.1 Å². The SMILES string of the molecule is CCNC(=O)Oc1cc(CCNC(=O)NC)ccc1O.Cl. The van der Waals surface area contributed by atoms with Crippen LogP contribution in [0.1, 0.15) is 12.5 Å². The minimum Gasteiger partial charge on any atom is -0.504 e. The van der Waals surface area contributed by atoms with Crippen molar-refractivity contribution in [2.45, 2.75) is 13.3 Å². The molecule has 118 valence electrons. The third kappa shape index (κ3) is 6.71. The Labute approximate surface area is 129 Å². The zero-order valence-corrected chi connectivity index (χ0v) is 12.8.